The van der Waals surface area contributed by atoms with Gasteiger partial charge in [0.05, 0.1) is 27.0 Å². The third kappa shape index (κ3) is 3.86. The molecule has 1 amide bonds. The molecular formula is C19H26N2O5. The molecule has 1 aromatic rings. The number of hydrogen-bond donors (Lipinski definition) is 1. The maximum Gasteiger partial charge on any atom is 0.264 e. The quantitative estimate of drug-likeness (QED) is 0.842. The number of carbonyl (C=O) groups is 1. The van der Waals surface area contributed by atoms with E-state index in [1.54, 1.807) is 21.3 Å². The van der Waals surface area contributed by atoms with Crippen LogP contribution in [-0.4, -0.2) is 45.1 Å². The predicted octanol–water partition coefficient (Wildman–Crippen LogP) is 2.65. The van der Waals surface area contributed by atoms with Crippen molar-refractivity contribution in [1.82, 2.24) is 5.32 Å². The Balaban J connectivity index is 1.69. The molecule has 7 heteroatoms. The summed E-state index contributed by atoms with van der Waals surface area (Å²) in [5.74, 6) is 1.51. The van der Waals surface area contributed by atoms with E-state index in [2.05, 4.69) is 10.5 Å². The second-order valence-electron chi connectivity index (χ2n) is 6.59. The summed E-state index contributed by atoms with van der Waals surface area (Å²) in [5.41, 5.74) is 1.47. The molecule has 3 rings (SSSR count). The zero-order chi connectivity index (χ0) is 18.5. The Morgan fingerprint density at radius 1 is 1.08 bits per heavy atom. The van der Waals surface area contributed by atoms with E-state index in [9.17, 15) is 4.79 Å². The van der Waals surface area contributed by atoms with Crippen LogP contribution in [0.2, 0.25) is 0 Å². The molecule has 1 N–H and O–H groups in total. The van der Waals surface area contributed by atoms with E-state index in [1.165, 1.54) is 19.3 Å². The van der Waals surface area contributed by atoms with Gasteiger partial charge in [0.15, 0.2) is 11.5 Å². The molecule has 0 aromatic heterocycles. The Bertz CT molecular complexity index is 658. The smallest absolute Gasteiger partial charge is 0.264 e. The number of amides is 1. The molecule has 2 aliphatic rings. The first-order valence-corrected chi connectivity index (χ1v) is 8.99. The SMILES string of the molecule is COc1cc(C2=NO[C@@H](C(=O)NC3CCCCC3)C2)cc(OC)c1OC. The Kier molecular flexibility index (Phi) is 5.85. The highest BCUT2D eigenvalue weighted by molar-refractivity contribution is 6.04. The van der Waals surface area contributed by atoms with E-state index >= 15 is 0 Å². The Labute approximate surface area is 153 Å². The van der Waals surface area contributed by atoms with Crippen LogP contribution in [0.15, 0.2) is 17.3 Å². The standard InChI is InChI=1S/C19H26N2O5/c1-23-15-9-12(10-16(24-2)18(15)25-3)14-11-17(26-21-14)19(22)20-13-7-5-4-6-8-13/h9-10,13,17H,4-8,11H2,1-3H3,(H,20,22)/t17-/m1/s1. The van der Waals surface area contributed by atoms with Crippen molar-refractivity contribution < 1.29 is 23.8 Å². The van der Waals surface area contributed by atoms with Crippen molar-refractivity contribution in [3.8, 4) is 17.2 Å². The van der Waals surface area contributed by atoms with Gasteiger partial charge in [-0.05, 0) is 25.0 Å². The van der Waals surface area contributed by atoms with E-state index in [-0.39, 0.29) is 11.9 Å². The highest BCUT2D eigenvalue weighted by Crippen LogP contribution is 2.39. The Morgan fingerprint density at radius 3 is 2.31 bits per heavy atom. The van der Waals surface area contributed by atoms with Gasteiger partial charge in [-0.2, -0.15) is 0 Å². The van der Waals surface area contributed by atoms with Crippen LogP contribution in [0.5, 0.6) is 17.2 Å². The first kappa shape index (κ1) is 18.4. The topological polar surface area (TPSA) is 78.4 Å². The summed E-state index contributed by atoms with van der Waals surface area (Å²) in [6, 6.07) is 3.88. The van der Waals surface area contributed by atoms with Crippen LogP contribution in [0, 0.1) is 0 Å². The second kappa shape index (κ2) is 8.29. The van der Waals surface area contributed by atoms with Gasteiger partial charge in [0, 0.05) is 18.0 Å². The Morgan fingerprint density at radius 2 is 1.73 bits per heavy atom. The van der Waals surface area contributed by atoms with E-state index in [4.69, 9.17) is 19.0 Å². The van der Waals surface area contributed by atoms with Crippen molar-refractivity contribution in [2.24, 2.45) is 5.16 Å². The zero-order valence-corrected chi connectivity index (χ0v) is 15.5. The molecule has 7 nitrogen and oxygen atoms in total. The lowest BCUT2D eigenvalue weighted by atomic mass is 9.95. The van der Waals surface area contributed by atoms with E-state index < -0.39 is 6.10 Å². The van der Waals surface area contributed by atoms with Gasteiger partial charge in [0.25, 0.3) is 5.91 Å². The van der Waals surface area contributed by atoms with Crippen molar-refractivity contribution >= 4 is 11.6 Å². The molecule has 1 atom stereocenters. The maximum absolute atomic E-state index is 12.5. The molecular weight excluding hydrogens is 336 g/mol. The molecule has 0 unspecified atom stereocenters. The summed E-state index contributed by atoms with van der Waals surface area (Å²) in [6.45, 7) is 0. The van der Waals surface area contributed by atoms with Crippen LogP contribution in [0.25, 0.3) is 0 Å². The van der Waals surface area contributed by atoms with Gasteiger partial charge in [-0.3, -0.25) is 4.79 Å². The fourth-order valence-electron chi connectivity index (χ4n) is 3.48. The number of nitrogens with one attached hydrogen (secondary N) is 1. The van der Waals surface area contributed by atoms with Gasteiger partial charge in [0.1, 0.15) is 0 Å². The minimum atomic E-state index is -0.592. The molecule has 0 bridgehead atoms. The highest BCUT2D eigenvalue weighted by Gasteiger charge is 2.31. The van der Waals surface area contributed by atoms with Crippen LogP contribution >= 0.6 is 0 Å². The molecule has 0 radical (unpaired) electrons. The largest absolute Gasteiger partial charge is 0.493 e. The van der Waals surface area contributed by atoms with Gasteiger partial charge in [-0.25, -0.2) is 0 Å². The molecule has 1 saturated carbocycles. The third-order valence-corrected chi connectivity index (χ3v) is 4.91. The summed E-state index contributed by atoms with van der Waals surface area (Å²) < 4.78 is 16.1. The maximum atomic E-state index is 12.5. The summed E-state index contributed by atoms with van der Waals surface area (Å²) in [4.78, 5) is 17.8. The molecule has 1 heterocycles. The van der Waals surface area contributed by atoms with Crippen LogP contribution in [0.1, 0.15) is 44.1 Å². The number of methoxy groups -OCH3 is 3. The summed E-state index contributed by atoms with van der Waals surface area (Å²) in [5, 5.41) is 7.20. The molecule has 0 saturated heterocycles. The summed E-state index contributed by atoms with van der Waals surface area (Å²) >= 11 is 0. The summed E-state index contributed by atoms with van der Waals surface area (Å²) in [6.07, 6.45) is 5.49. The highest BCUT2D eigenvalue weighted by atomic mass is 16.6. The van der Waals surface area contributed by atoms with E-state index in [1.807, 2.05) is 12.1 Å². The average molecular weight is 362 g/mol. The molecule has 142 valence electrons. The predicted molar refractivity (Wildman–Crippen MR) is 97.1 cm³/mol. The van der Waals surface area contributed by atoms with Crippen molar-refractivity contribution in [3.63, 3.8) is 0 Å². The first-order chi connectivity index (χ1) is 12.7. The number of hydrogen-bond acceptors (Lipinski definition) is 6. The van der Waals surface area contributed by atoms with Crippen molar-refractivity contribution in [1.29, 1.82) is 0 Å². The van der Waals surface area contributed by atoms with Crippen LogP contribution in [0.3, 0.4) is 0 Å². The lowest BCUT2D eigenvalue weighted by Crippen LogP contribution is -2.42. The van der Waals surface area contributed by atoms with Crippen LogP contribution < -0.4 is 19.5 Å². The van der Waals surface area contributed by atoms with Gasteiger partial charge >= 0.3 is 0 Å². The minimum absolute atomic E-state index is 0.0944. The molecule has 1 aromatic carbocycles. The fraction of sp³-hybridized carbons (Fsp3) is 0.579. The number of oxime groups is 1. The minimum Gasteiger partial charge on any atom is -0.493 e. The normalized spacial score (nSPS) is 20.1. The number of benzene rings is 1. The number of ether oxygens (including phenoxy) is 3. The molecule has 1 aliphatic carbocycles. The number of rotatable bonds is 6. The van der Waals surface area contributed by atoms with E-state index in [0.717, 1.165) is 18.4 Å². The van der Waals surface area contributed by atoms with Crippen LogP contribution in [-0.2, 0) is 9.63 Å². The van der Waals surface area contributed by atoms with E-state index in [0.29, 0.717) is 29.4 Å². The van der Waals surface area contributed by atoms with Crippen molar-refractivity contribution in [2.45, 2.75) is 50.7 Å². The van der Waals surface area contributed by atoms with Crippen molar-refractivity contribution in [3.05, 3.63) is 17.7 Å². The third-order valence-electron chi connectivity index (χ3n) is 4.91. The number of carbonyl (C=O) groups excluding carboxylic acids is 1. The summed E-state index contributed by atoms with van der Waals surface area (Å²) in [7, 11) is 4.69. The lowest BCUT2D eigenvalue weighted by molar-refractivity contribution is -0.132. The van der Waals surface area contributed by atoms with Crippen molar-refractivity contribution in [2.75, 3.05) is 21.3 Å². The first-order valence-electron chi connectivity index (χ1n) is 8.99. The Hall–Kier alpha value is -2.44. The lowest BCUT2D eigenvalue weighted by Gasteiger charge is -2.23. The average Bonchev–Trinajstić information content (AvgIpc) is 3.18. The van der Waals surface area contributed by atoms with Crippen LogP contribution in [0.4, 0.5) is 0 Å². The van der Waals surface area contributed by atoms with Gasteiger partial charge in [-0.15, -0.1) is 0 Å². The molecule has 26 heavy (non-hydrogen) atoms. The monoisotopic (exact) mass is 362 g/mol. The van der Waals surface area contributed by atoms with Gasteiger partial charge < -0.3 is 24.4 Å². The number of nitrogens with zero attached hydrogens (tertiary/aromatic N) is 1. The fourth-order valence-corrected chi connectivity index (χ4v) is 3.48. The molecule has 0 spiro atoms. The second-order valence-corrected chi connectivity index (χ2v) is 6.59. The zero-order valence-electron chi connectivity index (χ0n) is 15.5. The molecule has 1 aliphatic heterocycles. The van der Waals surface area contributed by atoms with Gasteiger partial charge in [-0.1, -0.05) is 24.4 Å². The van der Waals surface area contributed by atoms with Gasteiger partial charge in [0.2, 0.25) is 11.9 Å². The molecule has 1 fully saturated rings.